The van der Waals surface area contributed by atoms with Crippen LogP contribution >= 0.6 is 15.9 Å². The van der Waals surface area contributed by atoms with Crippen molar-refractivity contribution in [3.8, 4) is 0 Å². The molecule has 1 aromatic heterocycles. The van der Waals surface area contributed by atoms with Crippen molar-refractivity contribution in [3.63, 3.8) is 0 Å². The fourth-order valence-corrected chi connectivity index (χ4v) is 3.13. The number of furan rings is 1. The molecular weight excluding hydrogens is 340 g/mol. The Hall–Kier alpha value is -1.34. The van der Waals surface area contributed by atoms with Crippen molar-refractivity contribution in [2.45, 2.75) is 18.9 Å². The first-order valence-electron chi connectivity index (χ1n) is 7.09. The molecule has 2 amide bonds. The molecule has 2 aliphatic rings. The number of halogens is 1. The van der Waals surface area contributed by atoms with Crippen LogP contribution in [0.5, 0.6) is 0 Å². The van der Waals surface area contributed by atoms with E-state index in [9.17, 15) is 9.59 Å². The summed E-state index contributed by atoms with van der Waals surface area (Å²) in [6, 6.07) is 1.65. The van der Waals surface area contributed by atoms with Crippen molar-refractivity contribution in [1.82, 2.24) is 9.80 Å². The molecule has 3 rings (SSSR count). The van der Waals surface area contributed by atoms with Gasteiger partial charge in [-0.05, 0) is 34.8 Å². The molecule has 7 heteroatoms. The number of carbonyl (C=O) groups is 2. The Morgan fingerprint density at radius 1 is 1.19 bits per heavy atom. The molecule has 1 unspecified atom stereocenters. The van der Waals surface area contributed by atoms with Gasteiger partial charge in [-0.15, -0.1) is 0 Å². The van der Waals surface area contributed by atoms with Crippen molar-refractivity contribution in [3.05, 3.63) is 22.6 Å². The minimum Gasteiger partial charge on any atom is -0.457 e. The zero-order valence-electron chi connectivity index (χ0n) is 11.6. The lowest BCUT2D eigenvalue weighted by Crippen LogP contribution is -2.52. The maximum absolute atomic E-state index is 12.3. The molecule has 2 fully saturated rings. The number of amides is 2. The van der Waals surface area contributed by atoms with Gasteiger partial charge in [0.2, 0.25) is 0 Å². The average Bonchev–Trinajstić information content (AvgIpc) is 3.17. The van der Waals surface area contributed by atoms with E-state index in [-0.39, 0.29) is 17.9 Å². The Kier molecular flexibility index (Phi) is 4.30. The Morgan fingerprint density at radius 2 is 1.90 bits per heavy atom. The number of piperazine rings is 1. The lowest BCUT2D eigenvalue weighted by atomic mass is 10.2. The maximum Gasteiger partial charge on any atom is 0.258 e. The van der Waals surface area contributed by atoms with Crippen molar-refractivity contribution >= 4 is 27.7 Å². The largest absolute Gasteiger partial charge is 0.457 e. The molecule has 0 N–H and O–H groups in total. The third-order valence-electron chi connectivity index (χ3n) is 3.93. The van der Waals surface area contributed by atoms with Gasteiger partial charge in [0.15, 0.2) is 4.67 Å². The maximum atomic E-state index is 12.3. The summed E-state index contributed by atoms with van der Waals surface area (Å²) in [5.74, 6) is -0.0102. The first kappa shape index (κ1) is 14.6. The molecule has 0 aromatic carbocycles. The van der Waals surface area contributed by atoms with E-state index in [1.54, 1.807) is 15.9 Å². The Morgan fingerprint density at radius 3 is 2.48 bits per heavy atom. The normalized spacial score (nSPS) is 22.6. The van der Waals surface area contributed by atoms with Crippen molar-refractivity contribution in [2.75, 3.05) is 32.8 Å². The van der Waals surface area contributed by atoms with Crippen molar-refractivity contribution in [2.24, 2.45) is 0 Å². The van der Waals surface area contributed by atoms with E-state index in [0.717, 1.165) is 12.8 Å². The molecular formula is C14H17BrN2O4. The summed E-state index contributed by atoms with van der Waals surface area (Å²) < 4.78 is 11.0. The van der Waals surface area contributed by atoms with E-state index in [0.29, 0.717) is 43.0 Å². The smallest absolute Gasteiger partial charge is 0.258 e. The molecule has 114 valence electrons. The number of rotatable bonds is 2. The van der Waals surface area contributed by atoms with Crippen LogP contribution in [0.4, 0.5) is 0 Å². The van der Waals surface area contributed by atoms with Crippen LogP contribution < -0.4 is 0 Å². The number of nitrogens with zero attached hydrogens (tertiary/aromatic N) is 2. The van der Waals surface area contributed by atoms with Gasteiger partial charge in [0.05, 0.1) is 11.8 Å². The van der Waals surface area contributed by atoms with E-state index >= 15 is 0 Å². The number of ether oxygens (including phenoxy) is 1. The molecule has 3 heterocycles. The predicted octanol–water partition coefficient (Wildman–Crippen LogP) is 1.51. The van der Waals surface area contributed by atoms with Crippen LogP contribution in [0.2, 0.25) is 0 Å². The molecule has 1 aromatic rings. The van der Waals surface area contributed by atoms with Gasteiger partial charge in [-0.3, -0.25) is 9.59 Å². The van der Waals surface area contributed by atoms with Gasteiger partial charge < -0.3 is 19.0 Å². The van der Waals surface area contributed by atoms with Crippen LogP contribution in [0.1, 0.15) is 23.2 Å². The second-order valence-electron chi connectivity index (χ2n) is 5.23. The van der Waals surface area contributed by atoms with E-state index < -0.39 is 0 Å². The van der Waals surface area contributed by atoms with Gasteiger partial charge in [0.1, 0.15) is 6.10 Å². The van der Waals surface area contributed by atoms with Crippen LogP contribution in [-0.4, -0.2) is 60.5 Å². The number of hydrogen-bond donors (Lipinski definition) is 0. The summed E-state index contributed by atoms with van der Waals surface area (Å²) >= 11 is 3.22. The quantitative estimate of drug-likeness (QED) is 0.805. The van der Waals surface area contributed by atoms with Gasteiger partial charge in [-0.25, -0.2) is 0 Å². The summed E-state index contributed by atoms with van der Waals surface area (Å²) in [4.78, 5) is 28.1. The minimum absolute atomic E-state index is 0.0593. The van der Waals surface area contributed by atoms with Crippen LogP contribution in [0.15, 0.2) is 21.4 Å². The molecule has 21 heavy (non-hydrogen) atoms. The monoisotopic (exact) mass is 356 g/mol. The molecule has 0 aliphatic carbocycles. The number of hydrogen-bond acceptors (Lipinski definition) is 4. The molecule has 2 saturated heterocycles. The highest BCUT2D eigenvalue weighted by Crippen LogP contribution is 2.21. The molecule has 0 bridgehead atoms. The Bertz CT molecular complexity index is 531. The van der Waals surface area contributed by atoms with Gasteiger partial charge in [0, 0.05) is 32.8 Å². The Labute approximate surface area is 131 Å². The van der Waals surface area contributed by atoms with Gasteiger partial charge in [-0.1, -0.05) is 0 Å². The zero-order valence-corrected chi connectivity index (χ0v) is 13.2. The first-order chi connectivity index (χ1) is 10.2. The highest BCUT2D eigenvalue weighted by Gasteiger charge is 2.32. The van der Waals surface area contributed by atoms with E-state index in [4.69, 9.17) is 9.15 Å². The van der Waals surface area contributed by atoms with Crippen molar-refractivity contribution in [1.29, 1.82) is 0 Å². The third-order valence-corrected chi connectivity index (χ3v) is 4.55. The molecule has 0 radical (unpaired) electrons. The van der Waals surface area contributed by atoms with E-state index in [2.05, 4.69) is 15.9 Å². The molecule has 6 nitrogen and oxygen atoms in total. The highest BCUT2D eigenvalue weighted by molar-refractivity contribution is 9.10. The lowest BCUT2D eigenvalue weighted by molar-refractivity contribution is -0.142. The van der Waals surface area contributed by atoms with Gasteiger partial charge in [-0.2, -0.15) is 0 Å². The Balaban J connectivity index is 1.56. The topological polar surface area (TPSA) is 63.0 Å². The minimum atomic E-state index is -0.282. The van der Waals surface area contributed by atoms with Crippen molar-refractivity contribution < 1.29 is 18.7 Å². The summed E-state index contributed by atoms with van der Waals surface area (Å²) in [6.45, 7) is 2.85. The average molecular weight is 357 g/mol. The molecule has 0 saturated carbocycles. The first-order valence-corrected chi connectivity index (χ1v) is 7.89. The molecule has 1 atom stereocenters. The van der Waals surface area contributed by atoms with E-state index in [1.807, 2.05) is 0 Å². The SMILES string of the molecule is O=C(c1ccoc1Br)N1CCN(C(=O)C2CCCO2)CC1. The summed E-state index contributed by atoms with van der Waals surface area (Å²) in [5, 5.41) is 0. The third kappa shape index (κ3) is 2.98. The second kappa shape index (κ2) is 6.19. The zero-order chi connectivity index (χ0) is 14.8. The summed E-state index contributed by atoms with van der Waals surface area (Å²) in [7, 11) is 0. The summed E-state index contributed by atoms with van der Waals surface area (Å²) in [5.41, 5.74) is 0.522. The molecule has 2 aliphatic heterocycles. The lowest BCUT2D eigenvalue weighted by Gasteiger charge is -2.35. The van der Waals surface area contributed by atoms with Crippen LogP contribution in [0.25, 0.3) is 0 Å². The fourth-order valence-electron chi connectivity index (χ4n) is 2.72. The standard InChI is InChI=1S/C14H17BrN2O4/c15-12-10(3-9-21-12)13(18)16-4-6-17(7-5-16)14(19)11-2-1-8-20-11/h3,9,11H,1-2,4-8H2. The van der Waals surface area contributed by atoms with Crippen LogP contribution in [0, 0.1) is 0 Å². The van der Waals surface area contributed by atoms with E-state index in [1.165, 1.54) is 6.26 Å². The fraction of sp³-hybridized carbons (Fsp3) is 0.571. The van der Waals surface area contributed by atoms with Gasteiger partial charge >= 0.3 is 0 Å². The van der Waals surface area contributed by atoms with Crippen LogP contribution in [-0.2, 0) is 9.53 Å². The van der Waals surface area contributed by atoms with Crippen LogP contribution in [0.3, 0.4) is 0 Å². The highest BCUT2D eigenvalue weighted by atomic mass is 79.9. The van der Waals surface area contributed by atoms with Gasteiger partial charge in [0.25, 0.3) is 11.8 Å². The second-order valence-corrected chi connectivity index (χ2v) is 5.95. The number of carbonyl (C=O) groups excluding carboxylic acids is 2. The molecule has 0 spiro atoms. The summed E-state index contributed by atoms with van der Waals surface area (Å²) in [6.07, 6.45) is 2.95. The predicted molar refractivity (Wildman–Crippen MR) is 77.9 cm³/mol.